The van der Waals surface area contributed by atoms with Gasteiger partial charge in [-0.1, -0.05) is 29.8 Å². The molecule has 3 aromatic carbocycles. The van der Waals surface area contributed by atoms with Gasteiger partial charge in [-0.05, 0) is 60.3 Å². The molecule has 0 N–H and O–H groups in total. The number of amides is 1. The Morgan fingerprint density at radius 2 is 2.00 bits per heavy atom. The van der Waals surface area contributed by atoms with Crippen molar-refractivity contribution < 1.29 is 32.6 Å². The van der Waals surface area contributed by atoms with Crippen LogP contribution in [0.1, 0.15) is 40.2 Å². The van der Waals surface area contributed by atoms with Gasteiger partial charge in [-0.3, -0.25) is 4.79 Å². The van der Waals surface area contributed by atoms with Gasteiger partial charge in [0, 0.05) is 41.8 Å². The predicted molar refractivity (Wildman–Crippen MR) is 170 cm³/mol. The van der Waals surface area contributed by atoms with E-state index in [0.717, 1.165) is 11.9 Å². The van der Waals surface area contributed by atoms with Gasteiger partial charge in [-0.25, -0.2) is 14.2 Å². The Kier molecular flexibility index (Phi) is 8.18. The Hall–Kier alpha value is -4.38. The van der Waals surface area contributed by atoms with E-state index in [1.54, 1.807) is 53.4 Å². The smallest absolute Gasteiger partial charge is 0.337 e. The van der Waals surface area contributed by atoms with E-state index in [1.165, 1.54) is 19.3 Å². The second-order valence-electron chi connectivity index (χ2n) is 11.2. The van der Waals surface area contributed by atoms with E-state index in [9.17, 15) is 9.59 Å². The van der Waals surface area contributed by atoms with Gasteiger partial charge < -0.3 is 28.1 Å². The van der Waals surface area contributed by atoms with Gasteiger partial charge >= 0.3 is 5.97 Å². The molecule has 2 aliphatic rings. The van der Waals surface area contributed by atoms with Crippen LogP contribution in [0, 0.1) is 5.82 Å². The van der Waals surface area contributed by atoms with Crippen LogP contribution in [0.25, 0.3) is 27.6 Å². The number of hydrogen-bond acceptors (Lipinski definition) is 7. The SMILES string of the molecule is COC(=O)c1ccc2nc(CN3CCC(c4cccc(F)c4OCc4ccc(Cl)c5cc(Cl)oc45)=CC3=O)n(C[C@@H]3CCO3)c2c1. The number of halogens is 3. The van der Waals surface area contributed by atoms with Crippen LogP contribution in [0.4, 0.5) is 4.39 Å². The van der Waals surface area contributed by atoms with Crippen molar-refractivity contribution in [2.24, 2.45) is 0 Å². The van der Waals surface area contributed by atoms with Crippen molar-refractivity contribution in [3.63, 3.8) is 0 Å². The number of nitrogens with zero attached hydrogens (tertiary/aromatic N) is 3. The number of para-hydroxylation sites is 1. The zero-order chi connectivity index (χ0) is 31.9. The predicted octanol–water partition coefficient (Wildman–Crippen LogP) is 7.20. The van der Waals surface area contributed by atoms with E-state index in [2.05, 4.69) is 0 Å². The third-order valence-corrected chi connectivity index (χ3v) is 8.90. The van der Waals surface area contributed by atoms with Gasteiger partial charge in [0.15, 0.2) is 16.8 Å². The summed E-state index contributed by atoms with van der Waals surface area (Å²) in [5.41, 5.74) is 4.17. The molecule has 0 bridgehead atoms. The largest absolute Gasteiger partial charge is 0.485 e. The molecule has 2 aromatic heterocycles. The normalized spacial score (nSPS) is 16.5. The van der Waals surface area contributed by atoms with Crippen molar-refractivity contribution in [1.29, 1.82) is 0 Å². The number of rotatable bonds is 9. The first kappa shape index (κ1) is 30.3. The number of carbonyl (C=O) groups excluding carboxylic acids is 2. The Labute approximate surface area is 273 Å². The lowest BCUT2D eigenvalue weighted by Crippen LogP contribution is -2.36. The summed E-state index contributed by atoms with van der Waals surface area (Å²) in [6.45, 7) is 1.89. The molecule has 7 rings (SSSR count). The Balaban J connectivity index is 1.13. The van der Waals surface area contributed by atoms with Gasteiger partial charge in [0.25, 0.3) is 0 Å². The molecule has 0 unspecified atom stereocenters. The van der Waals surface area contributed by atoms with Gasteiger partial charge in [-0.15, -0.1) is 0 Å². The molecular formula is C34H28Cl2FN3O6. The Morgan fingerprint density at radius 3 is 2.76 bits per heavy atom. The maximum atomic E-state index is 15.2. The summed E-state index contributed by atoms with van der Waals surface area (Å²) in [5, 5.41) is 1.30. The number of furan rings is 1. The van der Waals surface area contributed by atoms with Gasteiger partial charge in [0.05, 0.1) is 47.9 Å². The molecule has 0 saturated carbocycles. The van der Waals surface area contributed by atoms with Crippen LogP contribution in [-0.2, 0) is 34.0 Å². The molecule has 1 atom stereocenters. The van der Waals surface area contributed by atoms with Crippen molar-refractivity contribution in [3.8, 4) is 5.75 Å². The fourth-order valence-electron chi connectivity index (χ4n) is 5.88. The summed E-state index contributed by atoms with van der Waals surface area (Å²) >= 11 is 12.3. The minimum atomic E-state index is -0.547. The second kappa shape index (κ2) is 12.4. The molecule has 1 saturated heterocycles. The number of aromatic nitrogens is 2. The number of methoxy groups -OCH3 is 1. The zero-order valence-electron chi connectivity index (χ0n) is 24.7. The highest BCUT2D eigenvalue weighted by molar-refractivity contribution is 6.36. The molecule has 236 valence electrons. The van der Waals surface area contributed by atoms with E-state index < -0.39 is 11.8 Å². The fraction of sp³-hybridized carbons (Fsp3) is 0.265. The van der Waals surface area contributed by atoms with E-state index in [0.29, 0.717) is 75.7 Å². The third kappa shape index (κ3) is 5.72. The van der Waals surface area contributed by atoms with Crippen molar-refractivity contribution >= 4 is 62.7 Å². The lowest BCUT2D eigenvalue weighted by molar-refractivity contribution is -0.127. The molecule has 0 aliphatic carbocycles. The van der Waals surface area contributed by atoms with Crippen molar-refractivity contribution in [2.45, 2.75) is 38.6 Å². The monoisotopic (exact) mass is 663 g/mol. The van der Waals surface area contributed by atoms with Gasteiger partial charge in [0.2, 0.25) is 5.91 Å². The Morgan fingerprint density at radius 1 is 1.15 bits per heavy atom. The second-order valence-corrected chi connectivity index (χ2v) is 12.0. The third-order valence-electron chi connectivity index (χ3n) is 8.39. The molecule has 46 heavy (non-hydrogen) atoms. The first-order chi connectivity index (χ1) is 22.3. The van der Waals surface area contributed by atoms with E-state index in [1.807, 2.05) is 4.57 Å². The average molecular weight is 665 g/mol. The summed E-state index contributed by atoms with van der Waals surface area (Å²) in [6, 6.07) is 14.9. The van der Waals surface area contributed by atoms with Crippen LogP contribution in [0.5, 0.6) is 5.75 Å². The van der Waals surface area contributed by atoms with Crippen molar-refractivity contribution in [2.75, 3.05) is 20.3 Å². The molecule has 2 aliphatic heterocycles. The fourth-order valence-corrected chi connectivity index (χ4v) is 6.27. The zero-order valence-corrected chi connectivity index (χ0v) is 26.2. The van der Waals surface area contributed by atoms with Crippen LogP contribution in [0.3, 0.4) is 0 Å². The standard InChI is InChI=1S/C34H28Cl2FN3O6/c1-43-34(42)20-6-8-27-28(13-20)40(16-22-10-12-44-22)30(38-27)17-39-11-9-19(14-31(39)41)23-3-2-4-26(37)33(23)45-18-21-5-7-25(35)24-15-29(36)46-32(21)24/h2-8,13-15,22H,9-12,16-18H2,1H3/t22-/m0/s1. The van der Waals surface area contributed by atoms with E-state index in [4.69, 9.17) is 46.8 Å². The summed E-state index contributed by atoms with van der Waals surface area (Å²) < 4.78 is 39.4. The molecule has 1 amide bonds. The number of ether oxygens (including phenoxy) is 3. The van der Waals surface area contributed by atoms with Gasteiger partial charge in [0.1, 0.15) is 18.0 Å². The number of fused-ring (bicyclic) bond motifs is 2. The lowest BCUT2D eigenvalue weighted by Gasteiger charge is -2.29. The summed E-state index contributed by atoms with van der Waals surface area (Å²) in [7, 11) is 1.34. The number of hydrogen-bond donors (Lipinski definition) is 0. The minimum Gasteiger partial charge on any atom is -0.485 e. The number of imidazole rings is 1. The van der Waals surface area contributed by atoms with Crippen LogP contribution in [0.15, 0.2) is 65.1 Å². The van der Waals surface area contributed by atoms with Crippen LogP contribution < -0.4 is 4.74 Å². The van der Waals surface area contributed by atoms with Crippen LogP contribution in [-0.4, -0.2) is 52.7 Å². The van der Waals surface area contributed by atoms with Crippen molar-refractivity contribution in [1.82, 2.24) is 14.5 Å². The molecule has 4 heterocycles. The summed E-state index contributed by atoms with van der Waals surface area (Å²) in [6.07, 6.45) is 2.95. The molecule has 12 heteroatoms. The van der Waals surface area contributed by atoms with Gasteiger partial charge in [-0.2, -0.15) is 0 Å². The number of carbonyl (C=O) groups is 2. The van der Waals surface area contributed by atoms with Crippen LogP contribution in [0.2, 0.25) is 10.2 Å². The van der Waals surface area contributed by atoms with E-state index >= 15 is 4.39 Å². The first-order valence-electron chi connectivity index (χ1n) is 14.8. The highest BCUT2D eigenvalue weighted by Gasteiger charge is 2.27. The molecule has 5 aromatic rings. The Bertz CT molecular complexity index is 2030. The molecule has 9 nitrogen and oxygen atoms in total. The quantitative estimate of drug-likeness (QED) is 0.154. The first-order valence-corrected chi connectivity index (χ1v) is 15.5. The number of esters is 1. The number of benzene rings is 3. The van der Waals surface area contributed by atoms with Crippen molar-refractivity contribution in [3.05, 3.63) is 99.2 Å². The summed E-state index contributed by atoms with van der Waals surface area (Å²) in [5.74, 6) is -0.490. The lowest BCUT2D eigenvalue weighted by atomic mass is 9.98. The highest BCUT2D eigenvalue weighted by atomic mass is 35.5. The molecule has 0 spiro atoms. The molecule has 0 radical (unpaired) electrons. The highest BCUT2D eigenvalue weighted by Crippen LogP contribution is 2.36. The molecular weight excluding hydrogens is 636 g/mol. The maximum Gasteiger partial charge on any atom is 0.337 e. The van der Waals surface area contributed by atoms with E-state index in [-0.39, 0.29) is 36.1 Å². The minimum absolute atomic E-state index is 0.00256. The topological polar surface area (TPSA) is 96.0 Å². The summed E-state index contributed by atoms with van der Waals surface area (Å²) in [4.78, 5) is 32.2. The van der Waals surface area contributed by atoms with Crippen LogP contribution >= 0.6 is 23.2 Å². The average Bonchev–Trinajstić information content (AvgIpc) is 3.59. The maximum absolute atomic E-state index is 15.2. The molecule has 1 fully saturated rings.